The van der Waals surface area contributed by atoms with Gasteiger partial charge in [0, 0.05) is 35.9 Å². The number of methoxy groups -OCH3 is 1. The number of urea groups is 2. The fourth-order valence-electron chi connectivity index (χ4n) is 4.17. The average molecular weight is 525 g/mol. The number of nitrogens with zero attached hydrogens (tertiary/aromatic N) is 5. The van der Waals surface area contributed by atoms with Crippen LogP contribution < -0.4 is 30.5 Å². The molecule has 0 spiro atoms. The average Bonchev–Trinajstić information content (AvgIpc) is 2.94. The molecule has 2 aromatic carbocycles. The number of fused-ring (bicyclic) bond motifs is 1. The molecule has 0 bridgehead atoms. The summed E-state index contributed by atoms with van der Waals surface area (Å²) >= 11 is 0. The number of hydrogen-bond acceptors (Lipinski definition) is 7. The van der Waals surface area contributed by atoms with Gasteiger partial charge >= 0.3 is 12.1 Å². The number of ether oxygens (including phenoxy) is 1. The van der Waals surface area contributed by atoms with E-state index in [0.29, 0.717) is 34.6 Å². The van der Waals surface area contributed by atoms with Crippen molar-refractivity contribution in [1.82, 2.24) is 15.0 Å². The topological polar surface area (TPSA) is 125 Å². The number of aromatic nitrogens is 3. The van der Waals surface area contributed by atoms with E-state index in [9.17, 15) is 9.59 Å². The second-order valence-corrected chi connectivity index (χ2v) is 9.09. The molecule has 0 radical (unpaired) electrons. The monoisotopic (exact) mass is 524 g/mol. The van der Waals surface area contributed by atoms with Gasteiger partial charge in [-0.2, -0.15) is 4.98 Å². The van der Waals surface area contributed by atoms with Crippen molar-refractivity contribution in [2.24, 2.45) is 0 Å². The van der Waals surface area contributed by atoms with Gasteiger partial charge in [-0.15, -0.1) is 0 Å². The molecule has 0 fully saturated rings. The molecule has 3 heterocycles. The third-order valence-electron chi connectivity index (χ3n) is 6.28. The summed E-state index contributed by atoms with van der Waals surface area (Å²) in [7, 11) is 3.26. The van der Waals surface area contributed by atoms with Crippen LogP contribution in [0.25, 0.3) is 0 Å². The van der Waals surface area contributed by atoms with E-state index in [2.05, 4.69) is 30.9 Å². The lowest BCUT2D eigenvalue weighted by Gasteiger charge is -2.35. The molecule has 0 saturated heterocycles. The number of amides is 4. The molecule has 11 nitrogen and oxygen atoms in total. The molecular weight excluding hydrogens is 496 g/mol. The smallest absolute Gasteiger partial charge is 0.330 e. The first-order valence-corrected chi connectivity index (χ1v) is 12.2. The quantitative estimate of drug-likeness (QED) is 0.306. The van der Waals surface area contributed by atoms with Crippen LogP contribution >= 0.6 is 0 Å². The first kappa shape index (κ1) is 25.5. The number of aryl methyl sites for hydroxylation is 2. The molecule has 4 aromatic rings. The molecule has 2 aromatic heterocycles. The van der Waals surface area contributed by atoms with E-state index in [1.807, 2.05) is 32.0 Å². The minimum Gasteiger partial charge on any atom is -0.497 e. The summed E-state index contributed by atoms with van der Waals surface area (Å²) < 4.78 is 5.15. The molecular formula is C28H28N8O3. The first-order chi connectivity index (χ1) is 18.8. The zero-order chi connectivity index (χ0) is 27.5. The van der Waals surface area contributed by atoms with E-state index in [1.165, 1.54) is 4.90 Å². The summed E-state index contributed by atoms with van der Waals surface area (Å²) in [6.45, 7) is 4.11. The van der Waals surface area contributed by atoms with Crippen LogP contribution in [0.2, 0.25) is 0 Å². The Morgan fingerprint density at radius 3 is 2.36 bits per heavy atom. The molecule has 5 rings (SSSR count). The van der Waals surface area contributed by atoms with Gasteiger partial charge in [0.05, 0.1) is 31.2 Å². The van der Waals surface area contributed by atoms with E-state index in [-0.39, 0.29) is 12.6 Å². The van der Waals surface area contributed by atoms with E-state index in [0.717, 1.165) is 22.5 Å². The standard InChI is InChI=1S/C28H28N8O3/c1-17-5-7-21(33-27(37)32-20-9-11-23(39-4)12-10-20)13-24(17)36-16-19-14-30-26(34-25(19)35(3)28(36)38)31-22-8-6-18(2)29-15-22/h5-15H,16H2,1-4H3,(H,30,31,34)(H2,32,33,37). The minimum atomic E-state index is -0.403. The van der Waals surface area contributed by atoms with Crippen molar-refractivity contribution in [1.29, 1.82) is 0 Å². The summed E-state index contributed by atoms with van der Waals surface area (Å²) in [4.78, 5) is 42.4. The van der Waals surface area contributed by atoms with E-state index in [1.54, 1.807) is 67.8 Å². The Morgan fingerprint density at radius 2 is 1.64 bits per heavy atom. The normalized spacial score (nSPS) is 12.6. The SMILES string of the molecule is COc1ccc(NC(=O)Nc2ccc(C)c(N3Cc4cnc(Nc5ccc(C)nc5)nc4N(C)C3=O)c2)cc1. The molecule has 0 unspecified atom stereocenters. The predicted octanol–water partition coefficient (Wildman–Crippen LogP) is 5.46. The van der Waals surface area contributed by atoms with Gasteiger partial charge in [0.2, 0.25) is 5.95 Å². The number of hydrogen-bond donors (Lipinski definition) is 3. The van der Waals surface area contributed by atoms with Gasteiger partial charge in [-0.3, -0.25) is 14.8 Å². The molecule has 198 valence electrons. The number of pyridine rings is 1. The van der Waals surface area contributed by atoms with Crippen molar-refractivity contribution in [2.75, 3.05) is 39.9 Å². The lowest BCUT2D eigenvalue weighted by Crippen LogP contribution is -2.46. The van der Waals surface area contributed by atoms with Crippen LogP contribution in [-0.4, -0.2) is 41.2 Å². The van der Waals surface area contributed by atoms with Gasteiger partial charge in [-0.05, 0) is 67.9 Å². The third-order valence-corrected chi connectivity index (χ3v) is 6.28. The largest absolute Gasteiger partial charge is 0.497 e. The van der Waals surface area contributed by atoms with Gasteiger partial charge in [0.25, 0.3) is 0 Å². The fraction of sp³-hybridized carbons (Fsp3) is 0.179. The van der Waals surface area contributed by atoms with Gasteiger partial charge in [-0.1, -0.05) is 6.07 Å². The molecule has 0 saturated carbocycles. The fourth-order valence-corrected chi connectivity index (χ4v) is 4.17. The molecule has 0 aliphatic carbocycles. The molecule has 11 heteroatoms. The van der Waals surface area contributed by atoms with Gasteiger partial charge in [0.15, 0.2) is 0 Å². The summed E-state index contributed by atoms with van der Waals surface area (Å²) in [5.74, 6) is 1.60. The van der Waals surface area contributed by atoms with E-state index in [4.69, 9.17) is 4.74 Å². The van der Waals surface area contributed by atoms with Crippen molar-refractivity contribution >= 4 is 46.6 Å². The first-order valence-electron chi connectivity index (χ1n) is 12.2. The van der Waals surface area contributed by atoms with Gasteiger partial charge in [-0.25, -0.2) is 14.6 Å². The number of nitrogens with one attached hydrogen (secondary N) is 3. The zero-order valence-corrected chi connectivity index (χ0v) is 22.0. The molecule has 4 amide bonds. The summed E-state index contributed by atoms with van der Waals surface area (Å²) in [6.07, 6.45) is 3.41. The maximum atomic E-state index is 13.4. The Morgan fingerprint density at radius 1 is 0.923 bits per heavy atom. The van der Waals surface area contributed by atoms with Crippen molar-refractivity contribution < 1.29 is 14.3 Å². The maximum absolute atomic E-state index is 13.4. The number of rotatable bonds is 6. The molecule has 1 aliphatic heterocycles. The van der Waals surface area contributed by atoms with Crippen LogP contribution in [0, 0.1) is 13.8 Å². The molecule has 3 N–H and O–H groups in total. The zero-order valence-electron chi connectivity index (χ0n) is 22.0. The summed E-state index contributed by atoms with van der Waals surface area (Å²) in [5.41, 5.74) is 5.18. The van der Waals surface area contributed by atoms with Crippen LogP contribution in [0.1, 0.15) is 16.8 Å². The Bertz CT molecular complexity index is 1520. The number of carbonyl (C=O) groups is 2. The number of carbonyl (C=O) groups excluding carboxylic acids is 2. The van der Waals surface area contributed by atoms with Crippen molar-refractivity contribution in [3.05, 3.63) is 83.8 Å². The number of benzene rings is 2. The van der Waals surface area contributed by atoms with Crippen LogP contribution in [0.15, 0.2) is 67.0 Å². The number of anilines is 6. The van der Waals surface area contributed by atoms with E-state index < -0.39 is 6.03 Å². The molecule has 1 aliphatic rings. The Labute approximate surface area is 225 Å². The lowest BCUT2D eigenvalue weighted by atomic mass is 10.1. The maximum Gasteiger partial charge on any atom is 0.330 e. The second kappa shape index (κ2) is 10.7. The highest BCUT2D eigenvalue weighted by molar-refractivity contribution is 6.06. The Hall–Kier alpha value is -5.19. The Kier molecular flexibility index (Phi) is 6.96. The highest BCUT2D eigenvalue weighted by atomic mass is 16.5. The molecule has 0 atom stereocenters. The van der Waals surface area contributed by atoms with E-state index >= 15 is 0 Å². The van der Waals surface area contributed by atoms with Crippen molar-refractivity contribution in [3.8, 4) is 5.75 Å². The van der Waals surface area contributed by atoms with Gasteiger partial charge < -0.3 is 20.7 Å². The highest BCUT2D eigenvalue weighted by Crippen LogP contribution is 2.33. The second-order valence-electron chi connectivity index (χ2n) is 9.09. The van der Waals surface area contributed by atoms with Crippen LogP contribution in [-0.2, 0) is 6.54 Å². The van der Waals surface area contributed by atoms with Crippen LogP contribution in [0.3, 0.4) is 0 Å². The summed E-state index contributed by atoms with van der Waals surface area (Å²) in [5, 5.41) is 8.75. The Balaban J connectivity index is 1.33. The van der Waals surface area contributed by atoms with Crippen LogP contribution in [0.5, 0.6) is 5.75 Å². The minimum absolute atomic E-state index is 0.243. The highest BCUT2D eigenvalue weighted by Gasteiger charge is 2.31. The van der Waals surface area contributed by atoms with Crippen molar-refractivity contribution in [2.45, 2.75) is 20.4 Å². The predicted molar refractivity (Wildman–Crippen MR) is 151 cm³/mol. The van der Waals surface area contributed by atoms with Gasteiger partial charge in [0.1, 0.15) is 11.6 Å². The summed E-state index contributed by atoms with van der Waals surface area (Å²) in [6, 6.07) is 15.6. The van der Waals surface area contributed by atoms with Crippen molar-refractivity contribution in [3.63, 3.8) is 0 Å². The van der Waals surface area contributed by atoms with Crippen LogP contribution in [0.4, 0.5) is 44.1 Å². The lowest BCUT2D eigenvalue weighted by molar-refractivity contribution is 0.251. The third kappa shape index (κ3) is 5.57. The molecule has 39 heavy (non-hydrogen) atoms.